The van der Waals surface area contributed by atoms with Crippen molar-refractivity contribution in [1.82, 2.24) is 10.2 Å². The van der Waals surface area contributed by atoms with Crippen molar-refractivity contribution < 1.29 is 31.2 Å². The van der Waals surface area contributed by atoms with Crippen molar-refractivity contribution in [3.05, 3.63) is 94.5 Å². The zero-order valence-corrected chi connectivity index (χ0v) is 25.1. The number of hydrogen-bond donors (Lipinski definition) is 1. The molecule has 0 aliphatic rings. The van der Waals surface area contributed by atoms with Gasteiger partial charge in [0.15, 0.2) is 0 Å². The second-order valence-corrected chi connectivity index (χ2v) is 12.1. The predicted molar refractivity (Wildman–Crippen MR) is 157 cm³/mol. The number of amides is 2. The Morgan fingerprint density at radius 2 is 1.64 bits per heavy atom. The Kier molecular flexibility index (Phi) is 11.0. The molecule has 0 spiro atoms. The average Bonchev–Trinajstić information content (AvgIpc) is 2.94. The van der Waals surface area contributed by atoms with E-state index in [0.717, 1.165) is 30.5 Å². The number of alkyl halides is 3. The molecule has 0 unspecified atom stereocenters. The number of hydrogen-bond acceptors (Lipinski definition) is 4. The molecule has 7 nitrogen and oxygen atoms in total. The van der Waals surface area contributed by atoms with Gasteiger partial charge in [-0.25, -0.2) is 8.42 Å². The van der Waals surface area contributed by atoms with Crippen LogP contribution in [0.15, 0.2) is 77.7 Å². The summed E-state index contributed by atoms with van der Waals surface area (Å²) in [4.78, 5) is 27.9. The van der Waals surface area contributed by atoms with E-state index in [9.17, 15) is 31.2 Å². The maximum Gasteiger partial charge on any atom is 0.417 e. The van der Waals surface area contributed by atoms with Gasteiger partial charge in [0.05, 0.1) is 21.2 Å². The predicted octanol–water partition coefficient (Wildman–Crippen LogP) is 6.20. The third-order valence-electron chi connectivity index (χ3n) is 6.62. The fourth-order valence-electron chi connectivity index (χ4n) is 4.15. The highest BCUT2D eigenvalue weighted by atomic mass is 35.5. The number of anilines is 1. The molecule has 12 heteroatoms. The lowest BCUT2D eigenvalue weighted by Crippen LogP contribution is -2.51. The monoisotopic (exact) mass is 623 g/mol. The van der Waals surface area contributed by atoms with Gasteiger partial charge in [0.2, 0.25) is 11.8 Å². The Morgan fingerprint density at radius 3 is 2.24 bits per heavy atom. The molecule has 42 heavy (non-hydrogen) atoms. The quantitative estimate of drug-likeness (QED) is 0.244. The van der Waals surface area contributed by atoms with Gasteiger partial charge >= 0.3 is 6.18 Å². The summed E-state index contributed by atoms with van der Waals surface area (Å²) in [5, 5.41) is 2.16. The summed E-state index contributed by atoms with van der Waals surface area (Å²) in [6.45, 7) is 4.73. The van der Waals surface area contributed by atoms with Gasteiger partial charge in [-0.3, -0.25) is 13.9 Å². The molecular weight excluding hydrogens is 591 g/mol. The van der Waals surface area contributed by atoms with E-state index in [1.807, 2.05) is 6.92 Å². The van der Waals surface area contributed by atoms with Gasteiger partial charge < -0.3 is 10.2 Å². The van der Waals surface area contributed by atoms with Crippen LogP contribution < -0.4 is 9.62 Å². The molecule has 3 aromatic rings. The number of aryl methyl sites for hydroxylation is 1. The van der Waals surface area contributed by atoms with Gasteiger partial charge in [-0.15, -0.1) is 0 Å². The van der Waals surface area contributed by atoms with Crippen LogP contribution in [0.5, 0.6) is 0 Å². The molecule has 226 valence electrons. The van der Waals surface area contributed by atoms with E-state index in [2.05, 4.69) is 5.32 Å². The number of rotatable bonds is 12. The maximum atomic E-state index is 13.9. The first-order chi connectivity index (χ1) is 19.8. The molecule has 0 saturated heterocycles. The van der Waals surface area contributed by atoms with Crippen LogP contribution in [0.2, 0.25) is 5.02 Å². The lowest BCUT2D eigenvalue weighted by Gasteiger charge is -2.32. The van der Waals surface area contributed by atoms with E-state index >= 15 is 0 Å². The molecule has 3 aromatic carbocycles. The van der Waals surface area contributed by atoms with Crippen LogP contribution in [0.25, 0.3) is 0 Å². The molecule has 0 fully saturated rings. The van der Waals surface area contributed by atoms with Gasteiger partial charge in [-0.05, 0) is 56.2 Å². The van der Waals surface area contributed by atoms with Crippen molar-refractivity contribution in [1.29, 1.82) is 0 Å². The normalized spacial score (nSPS) is 12.5. The Labute approximate surface area is 249 Å². The van der Waals surface area contributed by atoms with E-state index in [-0.39, 0.29) is 11.4 Å². The third-order valence-corrected chi connectivity index (χ3v) is 8.74. The number of carbonyl (C=O) groups is 2. The number of nitrogens with one attached hydrogen (secondary N) is 1. The van der Waals surface area contributed by atoms with Crippen molar-refractivity contribution in [2.24, 2.45) is 0 Å². The van der Waals surface area contributed by atoms with Crippen molar-refractivity contribution >= 4 is 39.1 Å². The Balaban J connectivity index is 2.08. The number of carbonyl (C=O) groups excluding carboxylic acids is 2. The zero-order valence-electron chi connectivity index (χ0n) is 23.5. The van der Waals surface area contributed by atoms with Crippen molar-refractivity contribution in [2.75, 3.05) is 17.4 Å². The molecule has 0 aromatic heterocycles. The number of benzene rings is 3. The third kappa shape index (κ3) is 8.25. The highest BCUT2D eigenvalue weighted by molar-refractivity contribution is 7.92. The van der Waals surface area contributed by atoms with E-state index in [1.165, 1.54) is 24.0 Å². The average molecular weight is 624 g/mol. The van der Waals surface area contributed by atoms with Crippen LogP contribution in [0.1, 0.15) is 43.4 Å². The summed E-state index contributed by atoms with van der Waals surface area (Å²) < 4.78 is 69.5. The molecule has 0 bridgehead atoms. The first-order valence-electron chi connectivity index (χ1n) is 13.3. The minimum absolute atomic E-state index is 0.0329. The topological polar surface area (TPSA) is 86.8 Å². The van der Waals surface area contributed by atoms with Crippen LogP contribution in [0.4, 0.5) is 18.9 Å². The minimum Gasteiger partial charge on any atom is -0.354 e. The molecule has 1 atom stereocenters. The van der Waals surface area contributed by atoms with Crippen molar-refractivity contribution in [2.45, 2.75) is 57.3 Å². The van der Waals surface area contributed by atoms with Gasteiger partial charge in [-0.2, -0.15) is 13.2 Å². The number of sulfonamides is 1. The molecule has 0 radical (unpaired) electrons. The van der Waals surface area contributed by atoms with Gasteiger partial charge in [0, 0.05) is 13.1 Å². The standard InChI is InChI=1S/C30H33ClF3N3O4S/c1-4-5-17-35-29(39)22(3)36(19-23-9-7-6-8-10-23)28(38)20-37(42(40,41)25-14-11-21(2)12-15-25)24-13-16-27(31)26(18-24)30(32,33)34/h6-16,18,22H,4-5,17,19-20H2,1-3H3,(H,35,39)/t22-/m0/s1. The second kappa shape index (κ2) is 14.1. The van der Waals surface area contributed by atoms with E-state index in [4.69, 9.17) is 11.6 Å². The number of nitrogens with zero attached hydrogens (tertiary/aromatic N) is 2. The van der Waals surface area contributed by atoms with Crippen LogP contribution in [0, 0.1) is 6.92 Å². The summed E-state index contributed by atoms with van der Waals surface area (Å²) in [5.74, 6) is -1.22. The fraction of sp³-hybridized carbons (Fsp3) is 0.333. The Hall–Kier alpha value is -3.57. The molecule has 0 aliphatic heterocycles. The summed E-state index contributed by atoms with van der Waals surface area (Å²) in [6.07, 6.45) is -3.30. The lowest BCUT2D eigenvalue weighted by molar-refractivity contribution is -0.139. The maximum absolute atomic E-state index is 13.9. The SMILES string of the molecule is CCCCNC(=O)[C@H](C)N(Cc1ccccc1)C(=O)CN(c1ccc(Cl)c(C(F)(F)F)c1)S(=O)(=O)c1ccc(C)cc1. The fourth-order valence-corrected chi connectivity index (χ4v) is 5.78. The Morgan fingerprint density at radius 1 is 1.00 bits per heavy atom. The molecule has 0 heterocycles. The summed E-state index contributed by atoms with van der Waals surface area (Å²) in [6, 6.07) is 16.1. The first kappa shape index (κ1) is 32.9. The molecule has 0 aliphatic carbocycles. The largest absolute Gasteiger partial charge is 0.417 e. The lowest BCUT2D eigenvalue weighted by atomic mass is 10.1. The zero-order chi connectivity index (χ0) is 31.1. The van der Waals surface area contributed by atoms with Crippen molar-refractivity contribution in [3.63, 3.8) is 0 Å². The van der Waals surface area contributed by atoms with Crippen LogP contribution >= 0.6 is 11.6 Å². The molecule has 2 amide bonds. The van der Waals surface area contributed by atoms with Gasteiger partial charge in [0.1, 0.15) is 12.6 Å². The summed E-state index contributed by atoms with van der Waals surface area (Å²) >= 11 is 5.80. The highest BCUT2D eigenvalue weighted by Gasteiger charge is 2.37. The summed E-state index contributed by atoms with van der Waals surface area (Å²) in [7, 11) is -4.54. The second-order valence-electron chi connectivity index (χ2n) is 9.81. The van der Waals surface area contributed by atoms with Crippen LogP contribution in [-0.2, 0) is 32.3 Å². The number of unbranched alkanes of at least 4 members (excludes halogenated alkanes) is 1. The Bertz CT molecular complexity index is 1480. The molecular formula is C30H33ClF3N3O4S. The first-order valence-corrected chi connectivity index (χ1v) is 15.1. The van der Waals surface area contributed by atoms with E-state index in [1.54, 1.807) is 49.4 Å². The summed E-state index contributed by atoms with van der Waals surface area (Å²) in [5.41, 5.74) is -0.208. The van der Waals surface area contributed by atoms with Crippen LogP contribution in [0.3, 0.4) is 0 Å². The minimum atomic E-state index is -4.87. The van der Waals surface area contributed by atoms with Crippen molar-refractivity contribution in [3.8, 4) is 0 Å². The highest BCUT2D eigenvalue weighted by Crippen LogP contribution is 2.38. The van der Waals surface area contributed by atoms with E-state index < -0.39 is 56.9 Å². The molecule has 0 saturated carbocycles. The van der Waals surface area contributed by atoms with E-state index in [0.29, 0.717) is 22.5 Å². The van der Waals surface area contributed by atoms with Gasteiger partial charge in [0.25, 0.3) is 10.0 Å². The smallest absolute Gasteiger partial charge is 0.354 e. The molecule has 3 rings (SSSR count). The molecule has 1 N–H and O–H groups in total. The number of halogens is 4. The van der Waals surface area contributed by atoms with Gasteiger partial charge in [-0.1, -0.05) is 73.0 Å². The van der Waals surface area contributed by atoms with Crippen LogP contribution in [-0.4, -0.2) is 44.3 Å².